The molecule has 2 saturated heterocycles. The zero-order valence-electron chi connectivity index (χ0n) is 25.2. The molecule has 41 heavy (non-hydrogen) atoms. The maximum absolute atomic E-state index is 14.6. The normalized spacial score (nSPS) is 32.2. The Hall–Kier alpha value is -3.17. The van der Waals surface area contributed by atoms with Crippen molar-refractivity contribution in [1.29, 1.82) is 0 Å². The summed E-state index contributed by atoms with van der Waals surface area (Å²) in [5.74, 6) is -2.04. The number of carbonyl (C=O) groups excluding carboxylic acids is 3. The van der Waals surface area contributed by atoms with Crippen LogP contribution in [0.5, 0.6) is 5.75 Å². The highest BCUT2D eigenvalue weighted by Gasteiger charge is 2.75. The number of aliphatic hydroxyl groups is 1. The van der Waals surface area contributed by atoms with Crippen molar-refractivity contribution in [2.24, 2.45) is 17.8 Å². The second-order valence-corrected chi connectivity index (χ2v) is 13.0. The number of anilines is 1. The molecule has 222 valence electrons. The van der Waals surface area contributed by atoms with Gasteiger partial charge in [0, 0.05) is 24.3 Å². The molecule has 1 spiro atoms. The molecule has 1 N–H and O–H groups in total. The second-order valence-electron chi connectivity index (χ2n) is 13.0. The van der Waals surface area contributed by atoms with Crippen LogP contribution in [0, 0.1) is 17.8 Å². The van der Waals surface area contributed by atoms with Gasteiger partial charge in [-0.3, -0.25) is 14.4 Å². The van der Waals surface area contributed by atoms with E-state index in [9.17, 15) is 19.5 Å². The molecule has 9 nitrogen and oxygen atoms in total. The van der Waals surface area contributed by atoms with Crippen molar-refractivity contribution >= 4 is 23.4 Å². The molecular formula is C32H43N3O6. The summed E-state index contributed by atoms with van der Waals surface area (Å²) < 4.78 is 12.5. The summed E-state index contributed by atoms with van der Waals surface area (Å²) in [5.41, 5.74) is -2.30. The second kappa shape index (κ2) is 10.3. The number of ether oxygens (including phenoxy) is 2. The number of hydrogen-bond acceptors (Lipinski definition) is 6. The summed E-state index contributed by atoms with van der Waals surface area (Å²) in [4.78, 5) is 48.5. The highest BCUT2D eigenvalue weighted by molar-refractivity contribution is 6.04. The molecule has 6 atom stereocenters. The first-order valence-corrected chi connectivity index (χ1v) is 14.6. The number of benzene rings is 1. The van der Waals surface area contributed by atoms with Crippen LogP contribution in [0.2, 0.25) is 0 Å². The minimum Gasteiger partial charge on any atom is -0.494 e. The van der Waals surface area contributed by atoms with E-state index in [4.69, 9.17) is 9.47 Å². The number of nitrogens with zero attached hydrogens (tertiary/aromatic N) is 3. The van der Waals surface area contributed by atoms with Crippen LogP contribution in [0.25, 0.3) is 0 Å². The van der Waals surface area contributed by atoms with Crippen LogP contribution in [0.3, 0.4) is 0 Å². The summed E-state index contributed by atoms with van der Waals surface area (Å²) in [5, 5.41) is 10.5. The van der Waals surface area contributed by atoms with Gasteiger partial charge in [0.05, 0.1) is 36.7 Å². The first kappa shape index (κ1) is 29.3. The van der Waals surface area contributed by atoms with E-state index in [-0.39, 0.29) is 30.2 Å². The number of aliphatic hydroxyl groups excluding tert-OH is 1. The van der Waals surface area contributed by atoms with Gasteiger partial charge in [-0.15, -0.1) is 0 Å². The van der Waals surface area contributed by atoms with Crippen LogP contribution in [0.15, 0.2) is 48.6 Å². The summed E-state index contributed by atoms with van der Waals surface area (Å²) in [7, 11) is 0. The van der Waals surface area contributed by atoms with Crippen molar-refractivity contribution in [3.8, 4) is 5.75 Å². The molecule has 9 heteroatoms. The molecule has 5 rings (SSSR count). The van der Waals surface area contributed by atoms with Gasteiger partial charge in [-0.2, -0.15) is 0 Å². The van der Waals surface area contributed by atoms with Crippen molar-refractivity contribution in [1.82, 2.24) is 9.80 Å². The quantitative estimate of drug-likeness (QED) is 0.532. The molecule has 0 aromatic heterocycles. The molecular weight excluding hydrogens is 522 g/mol. The molecule has 4 heterocycles. The van der Waals surface area contributed by atoms with Crippen LogP contribution in [0.4, 0.5) is 5.69 Å². The van der Waals surface area contributed by atoms with E-state index in [1.807, 2.05) is 97.0 Å². The van der Waals surface area contributed by atoms with Crippen molar-refractivity contribution in [2.75, 3.05) is 31.2 Å². The Balaban J connectivity index is 1.64. The molecule has 1 aromatic carbocycles. The van der Waals surface area contributed by atoms with Crippen LogP contribution in [0.1, 0.15) is 48.5 Å². The van der Waals surface area contributed by atoms with Gasteiger partial charge in [-0.25, -0.2) is 0 Å². The number of likely N-dealkylation sites (tertiary alicyclic amines) is 1. The fourth-order valence-electron chi connectivity index (χ4n) is 7.16. The summed E-state index contributed by atoms with van der Waals surface area (Å²) in [6.45, 7) is 14.4. The third-order valence-corrected chi connectivity index (χ3v) is 9.08. The Bertz CT molecular complexity index is 1270. The molecule has 0 saturated carbocycles. The molecule has 2 fully saturated rings. The van der Waals surface area contributed by atoms with E-state index in [0.717, 1.165) is 0 Å². The van der Waals surface area contributed by atoms with Gasteiger partial charge in [0.2, 0.25) is 17.7 Å². The highest BCUT2D eigenvalue weighted by atomic mass is 16.5. The number of hydrogen-bond donors (Lipinski definition) is 1. The summed E-state index contributed by atoms with van der Waals surface area (Å²) in [6.07, 6.45) is 7.52. The Morgan fingerprint density at radius 2 is 1.66 bits per heavy atom. The molecule has 1 unspecified atom stereocenters. The molecule has 0 radical (unpaired) electrons. The number of amides is 3. The maximum atomic E-state index is 14.6. The monoisotopic (exact) mass is 565 g/mol. The van der Waals surface area contributed by atoms with Crippen LogP contribution >= 0.6 is 0 Å². The smallest absolute Gasteiger partial charge is 0.249 e. The molecule has 0 bridgehead atoms. The fourth-order valence-corrected chi connectivity index (χ4v) is 7.16. The fraction of sp³-hybridized carbons (Fsp3) is 0.594. The Kier molecular flexibility index (Phi) is 7.35. The Morgan fingerprint density at radius 1 is 1.00 bits per heavy atom. The average molecular weight is 566 g/mol. The van der Waals surface area contributed by atoms with Crippen molar-refractivity contribution < 1.29 is 29.0 Å². The Labute approximate surface area is 242 Å². The van der Waals surface area contributed by atoms with Gasteiger partial charge in [0.1, 0.15) is 17.4 Å². The number of carbonyl (C=O) groups is 3. The molecule has 0 aliphatic carbocycles. The minimum atomic E-state index is -1.36. The molecule has 4 aliphatic heterocycles. The lowest BCUT2D eigenvalue weighted by Crippen LogP contribution is -2.61. The maximum Gasteiger partial charge on any atom is 0.249 e. The summed E-state index contributed by atoms with van der Waals surface area (Å²) in [6, 6.07) is 5.71. The molecule has 1 aromatic rings. The first-order chi connectivity index (χ1) is 19.3. The van der Waals surface area contributed by atoms with E-state index < -0.39 is 40.7 Å². The Morgan fingerprint density at radius 3 is 2.24 bits per heavy atom. The topological polar surface area (TPSA) is 99.6 Å². The number of fused-ring (bicyclic) bond motifs is 2. The van der Waals surface area contributed by atoms with Gasteiger partial charge < -0.3 is 29.3 Å². The number of rotatable bonds is 6. The van der Waals surface area contributed by atoms with E-state index >= 15 is 0 Å². The molecule has 4 aliphatic rings. The van der Waals surface area contributed by atoms with Gasteiger partial charge in [-0.1, -0.05) is 38.2 Å². The van der Waals surface area contributed by atoms with Gasteiger partial charge >= 0.3 is 0 Å². The predicted molar refractivity (Wildman–Crippen MR) is 155 cm³/mol. The lowest BCUT2D eigenvalue weighted by atomic mass is 9.74. The summed E-state index contributed by atoms with van der Waals surface area (Å²) >= 11 is 0. The van der Waals surface area contributed by atoms with E-state index in [1.54, 1.807) is 9.80 Å². The zero-order valence-corrected chi connectivity index (χ0v) is 25.2. The lowest BCUT2D eigenvalue weighted by molar-refractivity contribution is -0.158. The first-order valence-electron chi connectivity index (χ1n) is 14.6. The predicted octanol–water partition coefficient (Wildman–Crippen LogP) is 3.17. The highest BCUT2D eigenvalue weighted by Crippen LogP contribution is 2.58. The minimum absolute atomic E-state index is 0.126. The third kappa shape index (κ3) is 4.48. The van der Waals surface area contributed by atoms with Gasteiger partial charge in [0.15, 0.2) is 0 Å². The largest absolute Gasteiger partial charge is 0.494 e. The van der Waals surface area contributed by atoms with Crippen LogP contribution in [-0.4, -0.2) is 87.8 Å². The van der Waals surface area contributed by atoms with Crippen LogP contribution in [-0.2, 0) is 19.1 Å². The lowest BCUT2D eigenvalue weighted by Gasteiger charge is -2.43. The van der Waals surface area contributed by atoms with E-state index in [0.29, 0.717) is 31.1 Å². The van der Waals surface area contributed by atoms with Gasteiger partial charge in [0.25, 0.3) is 0 Å². The van der Waals surface area contributed by atoms with Crippen molar-refractivity contribution in [3.05, 3.63) is 48.6 Å². The average Bonchev–Trinajstić information content (AvgIpc) is 3.15. The van der Waals surface area contributed by atoms with Crippen LogP contribution < -0.4 is 9.64 Å². The SMILES string of the molecule is CCOc1ccc(N2CC=C[C@]3(C)O[C@]45C=CCN(C(C)(C)C)C(=O)C4N([C@@H](CO)C(C)C)C(=O)[C@@H]5[C@@H]3C2=O)cc1. The van der Waals surface area contributed by atoms with Crippen molar-refractivity contribution in [3.63, 3.8) is 0 Å². The van der Waals surface area contributed by atoms with E-state index in [1.165, 1.54) is 4.90 Å². The standard InChI is InChI=1S/C32H43N3O6/c1-8-40-22-13-11-21(12-14-22)33-17-9-15-31(7)24(27(33)37)25-28(38)35(23(19-36)20(2)3)26-29(39)34(30(4,5)6)18-10-16-32(25,26)41-31/h9-16,20,23-26,36H,8,17-19H2,1-7H3/t23-,24+,25-,26?,31-,32-/m0/s1. The molecule has 3 amide bonds. The zero-order chi connectivity index (χ0) is 29.9. The third-order valence-electron chi connectivity index (χ3n) is 9.08. The van der Waals surface area contributed by atoms with Gasteiger partial charge in [-0.05, 0) is 64.8 Å². The van der Waals surface area contributed by atoms with Crippen molar-refractivity contribution in [2.45, 2.75) is 77.3 Å². The van der Waals surface area contributed by atoms with E-state index in [2.05, 4.69) is 0 Å².